The fraction of sp³-hybridized carbons (Fsp3) is 0.556. The van der Waals surface area contributed by atoms with Crippen LogP contribution in [0, 0.1) is 12.0 Å². The highest BCUT2D eigenvalue weighted by molar-refractivity contribution is 6.74. The Morgan fingerprint density at radius 1 is 1.10 bits per heavy atom. The van der Waals surface area contributed by atoms with Gasteiger partial charge in [-0.05, 0) is 61.0 Å². The molecule has 1 rings (SSSR count). The third-order valence-corrected chi connectivity index (χ3v) is 8.82. The van der Waals surface area contributed by atoms with E-state index in [1.165, 1.54) is 5.56 Å². The first kappa shape index (κ1) is 17.8. The van der Waals surface area contributed by atoms with E-state index in [1.54, 1.807) is 0 Å². The molecule has 2 nitrogen and oxygen atoms in total. The molecule has 0 aromatic heterocycles. The third-order valence-electron chi connectivity index (χ3n) is 4.28. The van der Waals surface area contributed by atoms with E-state index in [4.69, 9.17) is 9.53 Å². The van der Waals surface area contributed by atoms with Gasteiger partial charge in [0.15, 0.2) is 8.32 Å². The molecule has 0 radical (unpaired) electrons. The molecular formula is C18H28O2Si. The molecule has 0 saturated carbocycles. The van der Waals surface area contributed by atoms with Gasteiger partial charge in [-0.3, -0.25) is 0 Å². The van der Waals surface area contributed by atoms with E-state index in [2.05, 4.69) is 51.9 Å². The van der Waals surface area contributed by atoms with Gasteiger partial charge in [0.1, 0.15) is 6.11 Å². The average molecular weight is 305 g/mol. The Balaban J connectivity index is 2.29. The molecule has 0 saturated heterocycles. The van der Waals surface area contributed by atoms with Gasteiger partial charge in [0.2, 0.25) is 0 Å². The molecule has 0 aliphatic carbocycles. The van der Waals surface area contributed by atoms with Gasteiger partial charge in [-0.25, -0.2) is 0 Å². The van der Waals surface area contributed by atoms with Crippen LogP contribution >= 0.6 is 0 Å². The normalized spacial score (nSPS) is 11.9. The van der Waals surface area contributed by atoms with Crippen LogP contribution in [-0.4, -0.2) is 20.0 Å². The molecule has 0 aliphatic rings. The summed E-state index contributed by atoms with van der Waals surface area (Å²) in [5, 5.41) is 8.83. The lowest BCUT2D eigenvalue weighted by Gasteiger charge is -2.36. The quantitative estimate of drug-likeness (QED) is 0.468. The van der Waals surface area contributed by atoms with Crippen LogP contribution in [-0.2, 0) is 10.8 Å². The minimum absolute atomic E-state index is 0.288. The number of hydrogen-bond acceptors (Lipinski definition) is 2. The molecule has 0 aliphatic heterocycles. The van der Waals surface area contributed by atoms with Crippen LogP contribution < -0.4 is 0 Å². The highest BCUT2D eigenvalue weighted by atomic mass is 28.4. The van der Waals surface area contributed by atoms with Crippen LogP contribution in [0.1, 0.15) is 44.7 Å². The monoisotopic (exact) mass is 304 g/mol. The van der Waals surface area contributed by atoms with Crippen molar-refractivity contribution in [2.45, 2.75) is 58.2 Å². The van der Waals surface area contributed by atoms with Crippen molar-refractivity contribution in [1.82, 2.24) is 0 Å². The second-order valence-electron chi connectivity index (χ2n) is 7.00. The summed E-state index contributed by atoms with van der Waals surface area (Å²) in [7, 11) is -1.59. The Kier molecular flexibility index (Phi) is 6.51. The molecule has 0 spiro atoms. The van der Waals surface area contributed by atoms with E-state index in [0.717, 1.165) is 31.4 Å². The van der Waals surface area contributed by atoms with Gasteiger partial charge in [0, 0.05) is 12.2 Å². The maximum Gasteiger partial charge on any atom is 0.191 e. The van der Waals surface area contributed by atoms with Crippen molar-refractivity contribution in [1.29, 1.82) is 0 Å². The average Bonchev–Trinajstić information content (AvgIpc) is 2.39. The topological polar surface area (TPSA) is 29.5 Å². The van der Waals surface area contributed by atoms with E-state index in [1.807, 2.05) is 18.2 Å². The number of aliphatic hydroxyl groups is 1. The van der Waals surface area contributed by atoms with Crippen LogP contribution in [0.2, 0.25) is 18.1 Å². The molecule has 3 heteroatoms. The molecule has 116 valence electrons. The summed E-state index contributed by atoms with van der Waals surface area (Å²) in [6.45, 7) is 12.3. The zero-order chi connectivity index (χ0) is 15.9. The molecule has 21 heavy (non-hydrogen) atoms. The second-order valence-corrected chi connectivity index (χ2v) is 11.8. The van der Waals surface area contributed by atoms with Crippen molar-refractivity contribution in [3.63, 3.8) is 0 Å². The van der Waals surface area contributed by atoms with Crippen LogP contribution in [0.5, 0.6) is 0 Å². The molecule has 1 aromatic carbocycles. The van der Waals surface area contributed by atoms with Crippen LogP contribution in [0.3, 0.4) is 0 Å². The van der Waals surface area contributed by atoms with Gasteiger partial charge < -0.3 is 9.53 Å². The molecule has 0 bridgehead atoms. The Labute approximate surface area is 130 Å². The van der Waals surface area contributed by atoms with Crippen molar-refractivity contribution in [3.05, 3.63) is 35.4 Å². The summed E-state index contributed by atoms with van der Waals surface area (Å²) in [5.74, 6) is 2.63. The van der Waals surface area contributed by atoms with E-state index in [0.29, 0.717) is 0 Å². The molecule has 0 unspecified atom stereocenters. The lowest BCUT2D eigenvalue weighted by Crippen LogP contribution is -2.40. The van der Waals surface area contributed by atoms with E-state index in [-0.39, 0.29) is 5.04 Å². The first-order valence-corrected chi connectivity index (χ1v) is 10.5. The zero-order valence-electron chi connectivity index (χ0n) is 14.0. The number of hydrogen-bond donors (Lipinski definition) is 1. The fourth-order valence-corrected chi connectivity index (χ4v) is 2.88. The maximum absolute atomic E-state index is 8.54. The molecule has 0 amide bonds. The number of aliphatic hydroxyl groups excluding tert-OH is 1. The Bertz CT molecular complexity index is 487. The second kappa shape index (κ2) is 7.68. The third kappa shape index (κ3) is 5.95. The van der Waals surface area contributed by atoms with Crippen molar-refractivity contribution in [2.75, 3.05) is 6.61 Å². The van der Waals surface area contributed by atoms with Gasteiger partial charge in [-0.2, -0.15) is 0 Å². The minimum Gasteiger partial charge on any atom is -0.462 e. The van der Waals surface area contributed by atoms with Crippen LogP contribution in [0.15, 0.2) is 24.3 Å². The highest BCUT2D eigenvalue weighted by Gasteiger charge is 2.36. The van der Waals surface area contributed by atoms with Crippen molar-refractivity contribution in [3.8, 4) is 12.0 Å². The summed E-state index contributed by atoms with van der Waals surface area (Å²) in [6, 6.07) is 8.05. The largest absolute Gasteiger partial charge is 0.462 e. The summed E-state index contributed by atoms with van der Waals surface area (Å²) in [5.41, 5.74) is 2.16. The smallest absolute Gasteiger partial charge is 0.191 e. The SMILES string of the molecule is CC(C)(C)[Si](C)(C)OCCCCc1ccc(C#CO)cc1. The Morgan fingerprint density at radius 3 is 2.24 bits per heavy atom. The maximum atomic E-state index is 8.54. The van der Waals surface area contributed by atoms with E-state index >= 15 is 0 Å². The first-order chi connectivity index (χ1) is 9.76. The highest BCUT2D eigenvalue weighted by Crippen LogP contribution is 2.36. The minimum atomic E-state index is -1.59. The van der Waals surface area contributed by atoms with Gasteiger partial charge in [0.25, 0.3) is 0 Å². The summed E-state index contributed by atoms with van der Waals surface area (Å²) in [4.78, 5) is 0. The van der Waals surface area contributed by atoms with Crippen LogP contribution in [0.25, 0.3) is 0 Å². The fourth-order valence-electron chi connectivity index (χ4n) is 1.79. The molecule has 1 N–H and O–H groups in total. The standard InChI is InChI=1S/C18H28O2Si/c1-18(2,3)21(4,5)20-15-7-6-8-16-9-11-17(12-10-16)13-14-19/h9-12,19H,6-8,15H2,1-5H3. The lowest BCUT2D eigenvalue weighted by atomic mass is 10.1. The van der Waals surface area contributed by atoms with E-state index < -0.39 is 8.32 Å². The number of unbranched alkanes of at least 4 members (excludes halogenated alkanes) is 1. The molecule has 0 heterocycles. The molecule has 0 fully saturated rings. The van der Waals surface area contributed by atoms with Crippen molar-refractivity contribution >= 4 is 8.32 Å². The summed E-state index contributed by atoms with van der Waals surface area (Å²) >= 11 is 0. The lowest BCUT2D eigenvalue weighted by molar-refractivity contribution is 0.279. The van der Waals surface area contributed by atoms with Gasteiger partial charge in [-0.15, -0.1) is 0 Å². The summed E-state index contributed by atoms with van der Waals surface area (Å²) < 4.78 is 6.18. The first-order valence-electron chi connectivity index (χ1n) is 7.64. The van der Waals surface area contributed by atoms with Gasteiger partial charge in [-0.1, -0.05) is 32.9 Å². The molecule has 1 aromatic rings. The number of benzene rings is 1. The van der Waals surface area contributed by atoms with Gasteiger partial charge >= 0.3 is 0 Å². The predicted molar refractivity (Wildman–Crippen MR) is 91.3 cm³/mol. The number of rotatable bonds is 6. The number of aryl methyl sites for hydroxylation is 1. The molecular weight excluding hydrogens is 276 g/mol. The Hall–Kier alpha value is -1.24. The van der Waals surface area contributed by atoms with Crippen LogP contribution in [0.4, 0.5) is 0 Å². The van der Waals surface area contributed by atoms with Crippen molar-refractivity contribution in [2.24, 2.45) is 0 Å². The van der Waals surface area contributed by atoms with Crippen molar-refractivity contribution < 1.29 is 9.53 Å². The van der Waals surface area contributed by atoms with Gasteiger partial charge in [0.05, 0.1) is 0 Å². The van der Waals surface area contributed by atoms with E-state index in [9.17, 15) is 0 Å². The molecule has 0 atom stereocenters. The predicted octanol–water partition coefficient (Wildman–Crippen LogP) is 4.71. The summed E-state index contributed by atoms with van der Waals surface area (Å²) in [6.07, 6.45) is 5.23. The Morgan fingerprint density at radius 2 is 1.71 bits per heavy atom. The zero-order valence-corrected chi connectivity index (χ0v) is 15.0.